The first-order valence-electron chi connectivity index (χ1n) is 8.62. The number of anilines is 1. The standard InChI is InChI=1S/C20H20ClN3O3S/c1-11-4-5-12(2)15(8-11)23-20-24-19(26)17(28-20)10-18(25)22-13-6-7-16(27-3)14(21)9-13/h4-9,17H,10H2,1-3H3,(H,22,25)(H,23,24,26)/t17-/m1/s1. The number of benzene rings is 2. The van der Waals surface area contributed by atoms with Crippen LogP contribution < -0.4 is 15.4 Å². The maximum absolute atomic E-state index is 12.3. The molecule has 1 saturated heterocycles. The number of aliphatic imine (C=N–C) groups is 1. The quantitative estimate of drug-likeness (QED) is 0.763. The molecule has 1 atom stereocenters. The molecule has 146 valence electrons. The second-order valence-electron chi connectivity index (χ2n) is 6.40. The number of hydrogen-bond donors (Lipinski definition) is 2. The monoisotopic (exact) mass is 417 g/mol. The van der Waals surface area contributed by atoms with Gasteiger partial charge in [0.1, 0.15) is 11.0 Å². The molecule has 3 rings (SSSR count). The van der Waals surface area contributed by atoms with Gasteiger partial charge in [-0.3, -0.25) is 9.59 Å². The highest BCUT2D eigenvalue weighted by Crippen LogP contribution is 2.29. The smallest absolute Gasteiger partial charge is 0.240 e. The van der Waals surface area contributed by atoms with E-state index in [4.69, 9.17) is 16.3 Å². The highest BCUT2D eigenvalue weighted by atomic mass is 35.5. The van der Waals surface area contributed by atoms with E-state index in [-0.39, 0.29) is 18.2 Å². The van der Waals surface area contributed by atoms with Gasteiger partial charge in [-0.2, -0.15) is 0 Å². The number of thioether (sulfide) groups is 1. The maximum atomic E-state index is 12.3. The van der Waals surface area contributed by atoms with Crippen LogP contribution in [0.3, 0.4) is 0 Å². The summed E-state index contributed by atoms with van der Waals surface area (Å²) < 4.78 is 5.09. The van der Waals surface area contributed by atoms with Gasteiger partial charge in [-0.25, -0.2) is 4.99 Å². The highest BCUT2D eigenvalue weighted by Gasteiger charge is 2.32. The number of carbonyl (C=O) groups excluding carboxylic acids is 2. The van der Waals surface area contributed by atoms with Crippen molar-refractivity contribution in [3.63, 3.8) is 0 Å². The molecule has 0 radical (unpaired) electrons. The van der Waals surface area contributed by atoms with E-state index in [2.05, 4.69) is 15.6 Å². The van der Waals surface area contributed by atoms with Crippen molar-refractivity contribution in [1.82, 2.24) is 5.32 Å². The predicted molar refractivity (Wildman–Crippen MR) is 114 cm³/mol. The molecule has 28 heavy (non-hydrogen) atoms. The molecule has 1 aliphatic rings. The number of amidine groups is 1. The number of halogens is 1. The molecule has 1 aliphatic heterocycles. The van der Waals surface area contributed by atoms with Crippen LogP contribution in [-0.2, 0) is 9.59 Å². The number of aryl methyl sites for hydroxylation is 2. The first-order valence-corrected chi connectivity index (χ1v) is 9.88. The lowest BCUT2D eigenvalue weighted by molar-refractivity contribution is -0.122. The lowest BCUT2D eigenvalue weighted by Crippen LogP contribution is -2.28. The average molecular weight is 418 g/mol. The molecule has 0 unspecified atom stereocenters. The van der Waals surface area contributed by atoms with Gasteiger partial charge in [0.15, 0.2) is 5.17 Å². The van der Waals surface area contributed by atoms with E-state index >= 15 is 0 Å². The fourth-order valence-corrected chi connectivity index (χ4v) is 3.90. The Kier molecular flexibility index (Phi) is 6.26. The zero-order valence-electron chi connectivity index (χ0n) is 15.7. The van der Waals surface area contributed by atoms with Crippen LogP contribution in [-0.4, -0.2) is 29.3 Å². The average Bonchev–Trinajstić information content (AvgIpc) is 2.97. The summed E-state index contributed by atoms with van der Waals surface area (Å²) in [6, 6.07) is 10.9. The molecule has 6 nitrogen and oxygen atoms in total. The van der Waals surface area contributed by atoms with Crippen molar-refractivity contribution in [2.75, 3.05) is 12.4 Å². The molecule has 0 bridgehead atoms. The number of carbonyl (C=O) groups is 2. The molecule has 1 fully saturated rings. The first-order chi connectivity index (χ1) is 13.4. The minimum Gasteiger partial charge on any atom is -0.495 e. The first kappa shape index (κ1) is 20.2. The van der Waals surface area contributed by atoms with Gasteiger partial charge in [-0.1, -0.05) is 35.5 Å². The molecule has 1 heterocycles. The van der Waals surface area contributed by atoms with E-state index in [1.165, 1.54) is 18.9 Å². The summed E-state index contributed by atoms with van der Waals surface area (Å²) >= 11 is 7.32. The van der Waals surface area contributed by atoms with Gasteiger partial charge in [-0.05, 0) is 49.2 Å². The maximum Gasteiger partial charge on any atom is 0.240 e. The molecule has 0 aliphatic carbocycles. The molecule has 2 amide bonds. The molecule has 0 saturated carbocycles. The number of ether oxygens (including phenoxy) is 1. The second-order valence-corrected chi connectivity index (χ2v) is 8.00. The fraction of sp³-hybridized carbons (Fsp3) is 0.250. The Morgan fingerprint density at radius 3 is 2.79 bits per heavy atom. The summed E-state index contributed by atoms with van der Waals surface area (Å²) in [6.07, 6.45) is 0.0337. The normalized spacial score (nSPS) is 17.5. The third-order valence-corrected chi connectivity index (χ3v) is 5.55. The van der Waals surface area contributed by atoms with Crippen molar-refractivity contribution >= 4 is 51.7 Å². The summed E-state index contributed by atoms with van der Waals surface area (Å²) in [7, 11) is 1.52. The zero-order valence-corrected chi connectivity index (χ0v) is 17.3. The van der Waals surface area contributed by atoms with Crippen LogP contribution in [0.4, 0.5) is 11.4 Å². The largest absolute Gasteiger partial charge is 0.495 e. The van der Waals surface area contributed by atoms with Crippen LogP contribution in [0.15, 0.2) is 41.4 Å². The van der Waals surface area contributed by atoms with Gasteiger partial charge in [0.25, 0.3) is 0 Å². The van der Waals surface area contributed by atoms with Gasteiger partial charge in [-0.15, -0.1) is 0 Å². The molecular formula is C20H20ClN3O3S. The Morgan fingerprint density at radius 1 is 1.29 bits per heavy atom. The van der Waals surface area contributed by atoms with Gasteiger partial charge in [0, 0.05) is 12.1 Å². The number of methoxy groups -OCH3 is 1. The summed E-state index contributed by atoms with van der Waals surface area (Å²) in [6.45, 7) is 3.95. The van der Waals surface area contributed by atoms with Gasteiger partial charge < -0.3 is 15.4 Å². The lowest BCUT2D eigenvalue weighted by atomic mass is 10.1. The Labute approximate surface area is 172 Å². The minimum atomic E-state index is -0.530. The topological polar surface area (TPSA) is 79.8 Å². The zero-order chi connectivity index (χ0) is 20.3. The molecule has 0 spiro atoms. The lowest BCUT2D eigenvalue weighted by Gasteiger charge is -2.09. The molecule has 2 aromatic carbocycles. The summed E-state index contributed by atoms with van der Waals surface area (Å²) in [5.74, 6) is 0.0246. The number of hydrogen-bond acceptors (Lipinski definition) is 5. The number of rotatable bonds is 5. The Morgan fingerprint density at radius 2 is 2.07 bits per heavy atom. The van der Waals surface area contributed by atoms with Crippen molar-refractivity contribution in [1.29, 1.82) is 0 Å². The van der Waals surface area contributed by atoms with Crippen LogP contribution in [0.5, 0.6) is 5.75 Å². The van der Waals surface area contributed by atoms with Crippen LogP contribution in [0, 0.1) is 13.8 Å². The van der Waals surface area contributed by atoms with Crippen molar-refractivity contribution < 1.29 is 14.3 Å². The fourth-order valence-electron chi connectivity index (χ4n) is 2.67. The third-order valence-electron chi connectivity index (χ3n) is 4.17. The third kappa shape index (κ3) is 4.85. The molecule has 2 N–H and O–H groups in total. The van der Waals surface area contributed by atoms with Gasteiger partial charge in [0.2, 0.25) is 11.8 Å². The number of amides is 2. The highest BCUT2D eigenvalue weighted by molar-refractivity contribution is 8.15. The minimum absolute atomic E-state index is 0.0337. The van der Waals surface area contributed by atoms with E-state index in [0.29, 0.717) is 21.6 Å². The number of nitrogens with one attached hydrogen (secondary N) is 2. The van der Waals surface area contributed by atoms with Crippen LogP contribution >= 0.6 is 23.4 Å². The van der Waals surface area contributed by atoms with E-state index in [1.807, 2.05) is 32.0 Å². The molecular weight excluding hydrogens is 398 g/mol. The van der Waals surface area contributed by atoms with Gasteiger partial charge >= 0.3 is 0 Å². The van der Waals surface area contributed by atoms with Crippen molar-refractivity contribution in [3.05, 3.63) is 52.5 Å². The van der Waals surface area contributed by atoms with Crippen LogP contribution in [0.2, 0.25) is 5.02 Å². The van der Waals surface area contributed by atoms with E-state index in [0.717, 1.165) is 16.8 Å². The number of nitrogens with zero attached hydrogens (tertiary/aromatic N) is 1. The van der Waals surface area contributed by atoms with E-state index in [1.54, 1.807) is 18.2 Å². The van der Waals surface area contributed by atoms with Crippen LogP contribution in [0.1, 0.15) is 17.5 Å². The Bertz CT molecular complexity index is 962. The summed E-state index contributed by atoms with van der Waals surface area (Å²) in [4.78, 5) is 29.1. The Balaban J connectivity index is 1.64. The Hall–Kier alpha value is -2.51. The van der Waals surface area contributed by atoms with E-state index < -0.39 is 5.25 Å². The van der Waals surface area contributed by atoms with Crippen molar-refractivity contribution in [2.24, 2.45) is 4.99 Å². The predicted octanol–water partition coefficient (Wildman–Crippen LogP) is 4.21. The summed E-state index contributed by atoms with van der Waals surface area (Å²) in [5.41, 5.74) is 3.46. The van der Waals surface area contributed by atoms with Crippen molar-refractivity contribution in [3.8, 4) is 5.75 Å². The van der Waals surface area contributed by atoms with Crippen LogP contribution in [0.25, 0.3) is 0 Å². The molecule has 2 aromatic rings. The second kappa shape index (κ2) is 8.67. The van der Waals surface area contributed by atoms with E-state index in [9.17, 15) is 9.59 Å². The SMILES string of the molecule is COc1ccc(NC(=O)C[C@H]2SC(=Nc3cc(C)ccc3C)NC2=O)cc1Cl. The summed E-state index contributed by atoms with van der Waals surface area (Å²) in [5, 5.41) is 5.87. The van der Waals surface area contributed by atoms with Crippen molar-refractivity contribution in [2.45, 2.75) is 25.5 Å². The molecule has 0 aromatic heterocycles. The molecule has 8 heteroatoms. The van der Waals surface area contributed by atoms with Gasteiger partial charge in [0.05, 0.1) is 17.8 Å².